The molecular formula is C15H18N2O3. The third-order valence-corrected chi connectivity index (χ3v) is 3.02. The van der Waals surface area contributed by atoms with Crippen molar-refractivity contribution in [1.29, 1.82) is 0 Å². The van der Waals surface area contributed by atoms with Gasteiger partial charge in [0.15, 0.2) is 0 Å². The fourth-order valence-electron chi connectivity index (χ4n) is 2.13. The van der Waals surface area contributed by atoms with Crippen LogP contribution in [0.3, 0.4) is 0 Å². The van der Waals surface area contributed by atoms with Crippen molar-refractivity contribution in [2.75, 3.05) is 11.9 Å². The number of carbonyl (C=O) groups excluding carboxylic acids is 1. The van der Waals surface area contributed by atoms with Gasteiger partial charge in [-0.25, -0.2) is 4.79 Å². The number of fused-ring (bicyclic) bond motifs is 1. The number of anilines is 1. The minimum absolute atomic E-state index is 0.144. The van der Waals surface area contributed by atoms with E-state index in [9.17, 15) is 9.59 Å². The van der Waals surface area contributed by atoms with Gasteiger partial charge in [0.05, 0.1) is 12.1 Å². The molecule has 0 spiro atoms. The summed E-state index contributed by atoms with van der Waals surface area (Å²) in [6, 6.07) is 7.04. The summed E-state index contributed by atoms with van der Waals surface area (Å²) in [5.41, 5.74) is 2.14. The molecule has 20 heavy (non-hydrogen) atoms. The molecule has 1 heterocycles. The Morgan fingerprint density at radius 2 is 2.10 bits per heavy atom. The van der Waals surface area contributed by atoms with Gasteiger partial charge in [0.1, 0.15) is 0 Å². The van der Waals surface area contributed by atoms with Crippen LogP contribution in [0.25, 0.3) is 10.9 Å². The van der Waals surface area contributed by atoms with Crippen molar-refractivity contribution in [1.82, 2.24) is 4.98 Å². The number of H-pyrrole nitrogens is 1. The lowest BCUT2D eigenvalue weighted by Crippen LogP contribution is -2.13. The van der Waals surface area contributed by atoms with Crippen LogP contribution in [0.4, 0.5) is 10.5 Å². The lowest BCUT2D eigenvalue weighted by Gasteiger charge is -2.11. The standard InChI is InChI=1S/C15H18N2O3/c1-4-20-15(19)16-10-5-6-11-12(9(2)3)8-14(18)17-13(11)7-10/h5-9H,4H2,1-3H3,(H,16,19)(H,17,18). The average molecular weight is 274 g/mol. The molecule has 0 radical (unpaired) electrons. The fourth-order valence-corrected chi connectivity index (χ4v) is 2.13. The van der Waals surface area contributed by atoms with Crippen molar-refractivity contribution in [2.45, 2.75) is 26.7 Å². The number of hydrogen-bond acceptors (Lipinski definition) is 3. The van der Waals surface area contributed by atoms with Crippen LogP contribution < -0.4 is 10.9 Å². The molecule has 0 aliphatic carbocycles. The zero-order valence-corrected chi connectivity index (χ0v) is 11.8. The molecule has 106 valence electrons. The summed E-state index contributed by atoms with van der Waals surface area (Å²) in [4.78, 5) is 25.8. The number of aromatic nitrogens is 1. The first-order valence-electron chi connectivity index (χ1n) is 6.62. The van der Waals surface area contributed by atoms with E-state index in [1.807, 2.05) is 19.9 Å². The van der Waals surface area contributed by atoms with Crippen LogP contribution >= 0.6 is 0 Å². The number of aromatic amines is 1. The summed E-state index contributed by atoms with van der Waals surface area (Å²) in [6.07, 6.45) is -0.505. The highest BCUT2D eigenvalue weighted by Gasteiger charge is 2.09. The van der Waals surface area contributed by atoms with E-state index < -0.39 is 6.09 Å². The van der Waals surface area contributed by atoms with E-state index in [4.69, 9.17) is 4.74 Å². The Morgan fingerprint density at radius 1 is 1.35 bits per heavy atom. The van der Waals surface area contributed by atoms with Gasteiger partial charge in [0.25, 0.3) is 0 Å². The quantitative estimate of drug-likeness (QED) is 0.902. The molecule has 2 rings (SSSR count). The summed E-state index contributed by atoms with van der Waals surface area (Å²) in [7, 11) is 0. The number of ether oxygens (including phenoxy) is 1. The summed E-state index contributed by atoms with van der Waals surface area (Å²) in [5, 5.41) is 3.60. The minimum Gasteiger partial charge on any atom is -0.450 e. The molecule has 5 nitrogen and oxygen atoms in total. The minimum atomic E-state index is -0.505. The van der Waals surface area contributed by atoms with Crippen molar-refractivity contribution >= 4 is 22.7 Å². The predicted octanol–water partition coefficient (Wildman–Crippen LogP) is 3.22. The maximum atomic E-state index is 11.7. The lowest BCUT2D eigenvalue weighted by molar-refractivity contribution is 0.168. The highest BCUT2D eigenvalue weighted by Crippen LogP contribution is 2.24. The molecule has 2 N–H and O–H groups in total. The predicted molar refractivity (Wildman–Crippen MR) is 79.3 cm³/mol. The summed E-state index contributed by atoms with van der Waals surface area (Å²) >= 11 is 0. The van der Waals surface area contributed by atoms with Crippen molar-refractivity contribution in [3.63, 3.8) is 0 Å². The molecule has 2 aromatic rings. The first-order valence-corrected chi connectivity index (χ1v) is 6.62. The van der Waals surface area contributed by atoms with Crippen molar-refractivity contribution in [3.05, 3.63) is 40.2 Å². The van der Waals surface area contributed by atoms with Gasteiger partial charge in [-0.05, 0) is 30.5 Å². The Morgan fingerprint density at radius 3 is 2.75 bits per heavy atom. The molecule has 1 aromatic heterocycles. The van der Waals surface area contributed by atoms with E-state index in [-0.39, 0.29) is 11.5 Å². The van der Waals surface area contributed by atoms with Crippen LogP contribution in [-0.4, -0.2) is 17.7 Å². The van der Waals surface area contributed by atoms with Crippen LogP contribution in [0.5, 0.6) is 0 Å². The normalized spacial score (nSPS) is 10.8. The van der Waals surface area contributed by atoms with Gasteiger partial charge < -0.3 is 9.72 Å². The Balaban J connectivity index is 2.44. The van der Waals surface area contributed by atoms with Gasteiger partial charge in [-0.1, -0.05) is 19.9 Å². The molecule has 0 saturated heterocycles. The highest BCUT2D eigenvalue weighted by atomic mass is 16.5. The second-order valence-electron chi connectivity index (χ2n) is 4.85. The first kappa shape index (κ1) is 14.1. The van der Waals surface area contributed by atoms with Crippen LogP contribution in [0.1, 0.15) is 32.3 Å². The van der Waals surface area contributed by atoms with Crippen LogP contribution in [0, 0.1) is 0 Å². The Bertz CT molecular complexity index is 689. The third kappa shape index (κ3) is 2.99. The Hall–Kier alpha value is -2.30. The average Bonchev–Trinajstić information content (AvgIpc) is 2.37. The molecule has 0 saturated carbocycles. The topological polar surface area (TPSA) is 71.2 Å². The van der Waals surface area contributed by atoms with E-state index in [1.165, 1.54) is 0 Å². The number of carbonyl (C=O) groups is 1. The number of rotatable bonds is 3. The molecule has 0 bridgehead atoms. The molecule has 0 aliphatic rings. The number of amides is 1. The van der Waals surface area contributed by atoms with Gasteiger partial charge in [-0.15, -0.1) is 0 Å². The SMILES string of the molecule is CCOC(=O)Nc1ccc2c(C(C)C)cc(=O)[nH]c2c1. The van der Waals surface area contributed by atoms with Gasteiger partial charge in [-0.2, -0.15) is 0 Å². The number of hydrogen-bond donors (Lipinski definition) is 2. The molecule has 0 fully saturated rings. The number of nitrogens with one attached hydrogen (secondary N) is 2. The van der Waals surface area contributed by atoms with E-state index in [2.05, 4.69) is 10.3 Å². The Kier molecular flexibility index (Phi) is 4.08. The van der Waals surface area contributed by atoms with Gasteiger partial charge in [0.2, 0.25) is 5.56 Å². The van der Waals surface area contributed by atoms with Crippen LogP contribution in [0.2, 0.25) is 0 Å². The number of benzene rings is 1. The summed E-state index contributed by atoms with van der Waals surface area (Å²) < 4.78 is 4.82. The second kappa shape index (κ2) is 5.77. The highest BCUT2D eigenvalue weighted by molar-refractivity contribution is 5.90. The Labute approximate surface area is 117 Å². The largest absolute Gasteiger partial charge is 0.450 e. The van der Waals surface area contributed by atoms with Crippen molar-refractivity contribution < 1.29 is 9.53 Å². The summed E-state index contributed by atoms with van der Waals surface area (Å²) in [5.74, 6) is 0.253. The molecule has 5 heteroatoms. The third-order valence-electron chi connectivity index (χ3n) is 3.02. The monoisotopic (exact) mass is 274 g/mol. The van der Waals surface area contributed by atoms with E-state index in [1.54, 1.807) is 25.1 Å². The zero-order chi connectivity index (χ0) is 14.7. The maximum Gasteiger partial charge on any atom is 0.411 e. The van der Waals surface area contributed by atoms with Gasteiger partial charge >= 0.3 is 6.09 Å². The molecule has 0 unspecified atom stereocenters. The first-order chi connectivity index (χ1) is 9.51. The number of pyridine rings is 1. The van der Waals surface area contributed by atoms with Crippen molar-refractivity contribution in [3.8, 4) is 0 Å². The van der Waals surface area contributed by atoms with Gasteiger partial charge in [0, 0.05) is 17.1 Å². The van der Waals surface area contributed by atoms with E-state index in [0.29, 0.717) is 17.8 Å². The van der Waals surface area contributed by atoms with Gasteiger partial charge in [-0.3, -0.25) is 10.1 Å². The van der Waals surface area contributed by atoms with Crippen LogP contribution in [-0.2, 0) is 4.74 Å². The van der Waals surface area contributed by atoms with Crippen molar-refractivity contribution in [2.24, 2.45) is 0 Å². The zero-order valence-electron chi connectivity index (χ0n) is 11.8. The molecule has 0 aliphatic heterocycles. The smallest absolute Gasteiger partial charge is 0.411 e. The molecule has 1 amide bonds. The summed E-state index contributed by atoms with van der Waals surface area (Å²) in [6.45, 7) is 6.14. The molecule has 0 atom stereocenters. The van der Waals surface area contributed by atoms with Crippen LogP contribution in [0.15, 0.2) is 29.1 Å². The molecular weight excluding hydrogens is 256 g/mol. The fraction of sp³-hybridized carbons (Fsp3) is 0.333. The maximum absolute atomic E-state index is 11.7. The van der Waals surface area contributed by atoms with E-state index in [0.717, 1.165) is 10.9 Å². The second-order valence-corrected chi connectivity index (χ2v) is 4.85. The lowest BCUT2D eigenvalue weighted by atomic mass is 9.99. The molecule has 1 aromatic carbocycles. The van der Waals surface area contributed by atoms with E-state index >= 15 is 0 Å².